The zero-order chi connectivity index (χ0) is 24.7. The van der Waals surface area contributed by atoms with E-state index in [1.807, 2.05) is 6.07 Å². The lowest BCUT2D eigenvalue weighted by atomic mass is 10.1. The number of sulfonamides is 1. The van der Waals surface area contributed by atoms with Crippen LogP contribution in [0.1, 0.15) is 15.9 Å². The van der Waals surface area contributed by atoms with Crippen LogP contribution in [0.15, 0.2) is 102 Å². The van der Waals surface area contributed by atoms with Crippen molar-refractivity contribution in [3.63, 3.8) is 0 Å². The van der Waals surface area contributed by atoms with Gasteiger partial charge in [0.15, 0.2) is 0 Å². The molecule has 0 fully saturated rings. The minimum absolute atomic E-state index is 0.0956. The van der Waals surface area contributed by atoms with E-state index >= 15 is 0 Å². The summed E-state index contributed by atoms with van der Waals surface area (Å²) in [4.78, 5) is 25.0. The molecule has 0 radical (unpaired) electrons. The summed E-state index contributed by atoms with van der Waals surface area (Å²) in [5.74, 6) is -0.580. The normalized spacial score (nSPS) is 11.0. The second-order valence-corrected chi connectivity index (χ2v) is 9.32. The number of rotatable bonds is 9. The number of nitrogens with zero attached hydrogens (tertiary/aromatic N) is 2. The summed E-state index contributed by atoms with van der Waals surface area (Å²) in [7, 11) is -3.76. The van der Waals surface area contributed by atoms with Gasteiger partial charge in [0.2, 0.25) is 5.91 Å². The Kier molecular flexibility index (Phi) is 7.22. The van der Waals surface area contributed by atoms with Crippen molar-refractivity contribution in [2.45, 2.75) is 18.0 Å². The monoisotopic (exact) mass is 489 g/mol. The summed E-state index contributed by atoms with van der Waals surface area (Å²) >= 11 is 0. The van der Waals surface area contributed by atoms with Crippen LogP contribution in [0.5, 0.6) is 0 Å². The van der Waals surface area contributed by atoms with Crippen molar-refractivity contribution in [1.29, 1.82) is 0 Å². The number of carbonyl (C=O) groups excluding carboxylic acids is 2. The number of hydrogen-bond acceptors (Lipinski definition) is 5. The van der Waals surface area contributed by atoms with E-state index in [-0.39, 0.29) is 35.5 Å². The SMILES string of the molecule is O=C(Cn1cccn1)Nc1cccc(CNC(=O)c2cccc(NS(=O)(=O)c3ccccc3)c2)c1. The van der Waals surface area contributed by atoms with Gasteiger partial charge in [-0.1, -0.05) is 36.4 Å². The molecule has 4 rings (SSSR count). The van der Waals surface area contributed by atoms with Gasteiger partial charge in [0.25, 0.3) is 15.9 Å². The standard InChI is InChI=1S/C25H23N5O4S/c31-24(18-30-14-6-13-27-30)28-21-9-4-7-19(15-21)17-26-25(32)20-8-5-10-22(16-20)29-35(33,34)23-11-2-1-3-12-23/h1-16,29H,17-18H2,(H,26,32)(H,28,31). The predicted molar refractivity (Wildman–Crippen MR) is 132 cm³/mol. The molecular formula is C25H23N5O4S. The van der Waals surface area contributed by atoms with Gasteiger partial charge in [-0.3, -0.25) is 19.0 Å². The third-order valence-corrected chi connectivity index (χ3v) is 6.36. The Balaban J connectivity index is 1.36. The second-order valence-electron chi connectivity index (χ2n) is 7.63. The number of aromatic nitrogens is 2. The van der Waals surface area contributed by atoms with Crippen LogP contribution in [0.4, 0.5) is 11.4 Å². The lowest BCUT2D eigenvalue weighted by Gasteiger charge is -2.11. The molecule has 3 aromatic carbocycles. The van der Waals surface area contributed by atoms with Gasteiger partial charge in [-0.15, -0.1) is 0 Å². The maximum atomic E-state index is 12.7. The van der Waals surface area contributed by atoms with Gasteiger partial charge in [0, 0.05) is 35.9 Å². The Morgan fingerprint density at radius 2 is 1.63 bits per heavy atom. The summed E-state index contributed by atoms with van der Waals surface area (Å²) < 4.78 is 29.1. The zero-order valence-electron chi connectivity index (χ0n) is 18.6. The Bertz CT molecular complexity index is 1420. The number of hydrogen-bond donors (Lipinski definition) is 3. The van der Waals surface area contributed by atoms with Crippen molar-refractivity contribution in [2.24, 2.45) is 0 Å². The maximum absolute atomic E-state index is 12.7. The molecule has 0 saturated heterocycles. The van der Waals surface area contributed by atoms with E-state index in [0.717, 1.165) is 5.56 Å². The van der Waals surface area contributed by atoms with E-state index in [2.05, 4.69) is 20.5 Å². The molecule has 0 aliphatic heterocycles. The largest absolute Gasteiger partial charge is 0.348 e. The van der Waals surface area contributed by atoms with Gasteiger partial charge in [-0.05, 0) is 54.1 Å². The lowest BCUT2D eigenvalue weighted by Crippen LogP contribution is -2.23. The first-order valence-electron chi connectivity index (χ1n) is 10.7. The molecule has 0 bridgehead atoms. The molecule has 0 aliphatic carbocycles. The van der Waals surface area contributed by atoms with E-state index in [0.29, 0.717) is 11.3 Å². The highest BCUT2D eigenvalue weighted by molar-refractivity contribution is 7.92. The molecule has 178 valence electrons. The summed E-state index contributed by atoms with van der Waals surface area (Å²) in [6, 6.07) is 23.1. The van der Waals surface area contributed by atoms with Crippen molar-refractivity contribution < 1.29 is 18.0 Å². The molecule has 10 heteroatoms. The van der Waals surface area contributed by atoms with Gasteiger partial charge < -0.3 is 10.6 Å². The Hall–Kier alpha value is -4.44. The highest BCUT2D eigenvalue weighted by Crippen LogP contribution is 2.17. The molecule has 4 aromatic rings. The summed E-state index contributed by atoms with van der Waals surface area (Å²) in [5.41, 5.74) is 1.98. The quantitative estimate of drug-likeness (QED) is 0.333. The van der Waals surface area contributed by atoms with Gasteiger partial charge in [0.05, 0.1) is 4.90 Å². The fraction of sp³-hybridized carbons (Fsp3) is 0.0800. The van der Waals surface area contributed by atoms with Crippen molar-refractivity contribution >= 4 is 33.2 Å². The highest BCUT2D eigenvalue weighted by Gasteiger charge is 2.15. The first-order valence-corrected chi connectivity index (χ1v) is 12.2. The Morgan fingerprint density at radius 1 is 0.857 bits per heavy atom. The van der Waals surface area contributed by atoms with Crippen molar-refractivity contribution in [3.8, 4) is 0 Å². The van der Waals surface area contributed by atoms with Crippen LogP contribution < -0.4 is 15.4 Å². The average Bonchev–Trinajstić information content (AvgIpc) is 3.36. The van der Waals surface area contributed by atoms with Crippen LogP contribution in [0.2, 0.25) is 0 Å². The van der Waals surface area contributed by atoms with Crippen LogP contribution >= 0.6 is 0 Å². The van der Waals surface area contributed by atoms with E-state index < -0.39 is 10.0 Å². The molecule has 3 N–H and O–H groups in total. The van der Waals surface area contributed by atoms with Crippen molar-refractivity contribution in [2.75, 3.05) is 10.0 Å². The molecule has 0 atom stereocenters. The van der Waals surface area contributed by atoms with E-state index in [1.165, 1.54) is 22.9 Å². The highest BCUT2D eigenvalue weighted by atomic mass is 32.2. The van der Waals surface area contributed by atoms with Crippen LogP contribution in [-0.4, -0.2) is 30.0 Å². The summed E-state index contributed by atoms with van der Waals surface area (Å²) in [6.45, 7) is 0.319. The third-order valence-electron chi connectivity index (χ3n) is 4.96. The lowest BCUT2D eigenvalue weighted by molar-refractivity contribution is -0.116. The van der Waals surface area contributed by atoms with Gasteiger partial charge in [-0.2, -0.15) is 5.10 Å². The second kappa shape index (κ2) is 10.7. The van der Waals surface area contributed by atoms with Crippen LogP contribution in [0, 0.1) is 0 Å². The first-order chi connectivity index (χ1) is 16.9. The first kappa shape index (κ1) is 23.7. The number of amides is 2. The maximum Gasteiger partial charge on any atom is 0.261 e. The number of benzene rings is 3. The van der Waals surface area contributed by atoms with E-state index in [4.69, 9.17) is 0 Å². The number of carbonyl (C=O) groups is 2. The molecule has 35 heavy (non-hydrogen) atoms. The fourth-order valence-corrected chi connectivity index (χ4v) is 4.39. The van der Waals surface area contributed by atoms with E-state index in [9.17, 15) is 18.0 Å². The fourth-order valence-electron chi connectivity index (χ4n) is 3.32. The molecule has 0 aliphatic rings. The molecule has 1 aromatic heterocycles. The minimum atomic E-state index is -3.76. The van der Waals surface area contributed by atoms with Crippen LogP contribution in [0.25, 0.3) is 0 Å². The van der Waals surface area contributed by atoms with E-state index in [1.54, 1.807) is 73.1 Å². The topological polar surface area (TPSA) is 122 Å². The molecular weight excluding hydrogens is 466 g/mol. The smallest absolute Gasteiger partial charge is 0.261 e. The zero-order valence-corrected chi connectivity index (χ0v) is 19.4. The average molecular weight is 490 g/mol. The predicted octanol–water partition coefficient (Wildman–Crippen LogP) is 3.25. The molecule has 1 heterocycles. The molecule has 2 amide bonds. The third kappa shape index (κ3) is 6.55. The molecule has 9 nitrogen and oxygen atoms in total. The molecule has 0 saturated carbocycles. The van der Waals surface area contributed by atoms with Crippen molar-refractivity contribution in [3.05, 3.63) is 108 Å². The minimum Gasteiger partial charge on any atom is -0.348 e. The summed E-state index contributed by atoms with van der Waals surface area (Å²) in [6.07, 6.45) is 3.30. The molecule has 0 spiro atoms. The van der Waals surface area contributed by atoms with Crippen LogP contribution in [-0.2, 0) is 27.9 Å². The van der Waals surface area contributed by atoms with Gasteiger partial charge in [-0.25, -0.2) is 8.42 Å². The number of anilines is 2. The Labute approximate surface area is 202 Å². The van der Waals surface area contributed by atoms with Gasteiger partial charge >= 0.3 is 0 Å². The Morgan fingerprint density at radius 3 is 2.40 bits per heavy atom. The van der Waals surface area contributed by atoms with Crippen LogP contribution in [0.3, 0.4) is 0 Å². The van der Waals surface area contributed by atoms with Gasteiger partial charge in [0.1, 0.15) is 6.54 Å². The number of nitrogens with one attached hydrogen (secondary N) is 3. The molecule has 0 unspecified atom stereocenters. The van der Waals surface area contributed by atoms with Crippen molar-refractivity contribution in [1.82, 2.24) is 15.1 Å². The summed E-state index contributed by atoms with van der Waals surface area (Å²) in [5, 5.41) is 9.62.